The molecule has 3 heteroatoms. The molecular formula is C17H24N2O. The molecule has 0 unspecified atom stereocenters. The number of hydrogen-bond acceptors (Lipinski definition) is 2. The van der Waals surface area contributed by atoms with E-state index in [9.17, 15) is 0 Å². The first-order valence-corrected chi connectivity index (χ1v) is 7.82. The largest absolute Gasteiger partial charge is 0.494 e. The van der Waals surface area contributed by atoms with Gasteiger partial charge in [-0.05, 0) is 63.4 Å². The van der Waals surface area contributed by atoms with E-state index in [-0.39, 0.29) is 0 Å². The van der Waals surface area contributed by atoms with Crippen LogP contribution in [-0.2, 0) is 6.54 Å². The van der Waals surface area contributed by atoms with Gasteiger partial charge in [0.25, 0.3) is 0 Å². The van der Waals surface area contributed by atoms with Crippen molar-refractivity contribution in [2.45, 2.75) is 45.2 Å². The lowest BCUT2D eigenvalue weighted by molar-refractivity contribution is 0.340. The van der Waals surface area contributed by atoms with E-state index in [2.05, 4.69) is 40.3 Å². The zero-order chi connectivity index (χ0) is 13.8. The van der Waals surface area contributed by atoms with Crippen LogP contribution in [0.4, 0.5) is 0 Å². The molecular weight excluding hydrogens is 248 g/mol. The number of fused-ring (bicyclic) bond motifs is 1. The highest BCUT2D eigenvalue weighted by Gasteiger charge is 2.19. The molecule has 0 aliphatic heterocycles. The van der Waals surface area contributed by atoms with Crippen LogP contribution >= 0.6 is 0 Å². The molecule has 0 spiro atoms. The van der Waals surface area contributed by atoms with Gasteiger partial charge in [-0.3, -0.25) is 0 Å². The Balaban J connectivity index is 1.54. The van der Waals surface area contributed by atoms with Crippen molar-refractivity contribution < 1.29 is 4.74 Å². The monoisotopic (exact) mass is 272 g/mol. The molecule has 2 aromatic rings. The number of aromatic nitrogens is 1. The second-order valence-electron chi connectivity index (χ2n) is 5.60. The molecule has 108 valence electrons. The quantitative estimate of drug-likeness (QED) is 0.743. The van der Waals surface area contributed by atoms with Gasteiger partial charge in [-0.15, -0.1) is 0 Å². The first-order chi connectivity index (χ1) is 9.86. The lowest BCUT2D eigenvalue weighted by Gasteiger charge is -2.07. The molecule has 1 fully saturated rings. The Bertz CT molecular complexity index is 557. The number of unbranched alkanes of at least 4 members (excludes halogenated alkanes) is 1. The fourth-order valence-corrected chi connectivity index (χ4v) is 2.63. The fourth-order valence-electron chi connectivity index (χ4n) is 2.63. The molecule has 0 amide bonds. The Morgan fingerprint density at radius 3 is 2.95 bits per heavy atom. The van der Waals surface area contributed by atoms with Crippen LogP contribution in [0.15, 0.2) is 30.5 Å². The van der Waals surface area contributed by atoms with Gasteiger partial charge in [0, 0.05) is 29.7 Å². The summed E-state index contributed by atoms with van der Waals surface area (Å²) >= 11 is 0. The number of hydrogen-bond donors (Lipinski definition) is 1. The molecule has 3 nitrogen and oxygen atoms in total. The molecule has 0 bridgehead atoms. The van der Waals surface area contributed by atoms with E-state index >= 15 is 0 Å². The molecule has 1 saturated carbocycles. The smallest absolute Gasteiger partial charge is 0.120 e. The Morgan fingerprint density at radius 1 is 1.25 bits per heavy atom. The van der Waals surface area contributed by atoms with E-state index in [4.69, 9.17) is 4.74 Å². The van der Waals surface area contributed by atoms with Gasteiger partial charge in [-0.25, -0.2) is 0 Å². The number of ether oxygens (including phenoxy) is 1. The van der Waals surface area contributed by atoms with Crippen LogP contribution in [0.1, 0.15) is 32.6 Å². The third-order valence-electron chi connectivity index (χ3n) is 3.89. The zero-order valence-corrected chi connectivity index (χ0v) is 12.3. The number of benzene rings is 1. The minimum atomic E-state index is 0.722. The van der Waals surface area contributed by atoms with Crippen molar-refractivity contribution in [1.82, 2.24) is 9.88 Å². The van der Waals surface area contributed by atoms with Gasteiger partial charge < -0.3 is 14.6 Å². The number of rotatable bonds is 8. The van der Waals surface area contributed by atoms with Crippen molar-refractivity contribution in [1.29, 1.82) is 0 Å². The molecule has 20 heavy (non-hydrogen) atoms. The lowest BCUT2D eigenvalue weighted by Crippen LogP contribution is -2.17. The van der Waals surface area contributed by atoms with Crippen LogP contribution in [-0.4, -0.2) is 23.8 Å². The predicted octanol–water partition coefficient (Wildman–Crippen LogP) is 3.57. The topological polar surface area (TPSA) is 26.2 Å². The summed E-state index contributed by atoms with van der Waals surface area (Å²) in [4.78, 5) is 0. The molecule has 1 aromatic heterocycles. The normalized spacial score (nSPS) is 14.8. The number of nitrogens with zero attached hydrogens (tertiary/aromatic N) is 1. The SMILES string of the molecule is CCOc1ccc2c(ccn2CCCCNC2CC2)c1. The highest BCUT2D eigenvalue weighted by atomic mass is 16.5. The van der Waals surface area contributed by atoms with E-state index < -0.39 is 0 Å². The summed E-state index contributed by atoms with van der Waals surface area (Å²) in [6.07, 6.45) is 7.44. The van der Waals surface area contributed by atoms with Gasteiger partial charge in [0.2, 0.25) is 0 Å². The van der Waals surface area contributed by atoms with Gasteiger partial charge in [0.1, 0.15) is 5.75 Å². The second kappa shape index (κ2) is 6.31. The maximum absolute atomic E-state index is 5.55. The maximum atomic E-state index is 5.55. The van der Waals surface area contributed by atoms with Gasteiger partial charge in [0.05, 0.1) is 6.61 Å². The summed E-state index contributed by atoms with van der Waals surface area (Å²) in [5, 5.41) is 4.84. The summed E-state index contributed by atoms with van der Waals surface area (Å²) < 4.78 is 7.90. The highest BCUT2D eigenvalue weighted by Crippen LogP contribution is 2.22. The van der Waals surface area contributed by atoms with E-state index in [0.29, 0.717) is 0 Å². The molecule has 1 aliphatic carbocycles. The zero-order valence-electron chi connectivity index (χ0n) is 12.3. The average molecular weight is 272 g/mol. The summed E-state index contributed by atoms with van der Waals surface area (Å²) in [5.41, 5.74) is 1.31. The van der Waals surface area contributed by atoms with Gasteiger partial charge in [0.15, 0.2) is 0 Å². The molecule has 0 saturated heterocycles. The van der Waals surface area contributed by atoms with E-state index in [1.165, 1.54) is 43.1 Å². The minimum absolute atomic E-state index is 0.722. The maximum Gasteiger partial charge on any atom is 0.120 e. The molecule has 1 heterocycles. The van der Waals surface area contributed by atoms with E-state index in [1.54, 1.807) is 0 Å². The van der Waals surface area contributed by atoms with Gasteiger partial charge >= 0.3 is 0 Å². The van der Waals surface area contributed by atoms with Crippen molar-refractivity contribution in [3.05, 3.63) is 30.5 Å². The van der Waals surface area contributed by atoms with Crippen molar-refractivity contribution in [2.75, 3.05) is 13.2 Å². The van der Waals surface area contributed by atoms with Crippen LogP contribution in [0, 0.1) is 0 Å². The van der Waals surface area contributed by atoms with E-state index in [0.717, 1.165) is 24.9 Å². The molecule has 1 N–H and O–H groups in total. The fraction of sp³-hybridized carbons (Fsp3) is 0.529. The first kappa shape index (κ1) is 13.5. The third-order valence-corrected chi connectivity index (χ3v) is 3.89. The van der Waals surface area contributed by atoms with Crippen LogP contribution in [0.3, 0.4) is 0 Å². The molecule has 1 aromatic carbocycles. The summed E-state index contributed by atoms with van der Waals surface area (Å²) in [5.74, 6) is 0.964. The minimum Gasteiger partial charge on any atom is -0.494 e. The van der Waals surface area contributed by atoms with Crippen LogP contribution < -0.4 is 10.1 Å². The number of nitrogens with one attached hydrogen (secondary N) is 1. The van der Waals surface area contributed by atoms with Crippen molar-refractivity contribution >= 4 is 10.9 Å². The molecule has 3 rings (SSSR count). The highest BCUT2D eigenvalue weighted by molar-refractivity contribution is 5.81. The lowest BCUT2D eigenvalue weighted by atomic mass is 10.2. The standard InChI is InChI=1S/C17H24N2O/c1-2-20-16-7-8-17-14(13-16)9-12-19(17)11-4-3-10-18-15-5-6-15/h7-9,12-13,15,18H,2-6,10-11H2,1H3. The summed E-state index contributed by atoms with van der Waals surface area (Å²) in [7, 11) is 0. The molecule has 0 radical (unpaired) electrons. The summed E-state index contributed by atoms with van der Waals surface area (Å²) in [6, 6.07) is 9.38. The second-order valence-corrected chi connectivity index (χ2v) is 5.60. The van der Waals surface area contributed by atoms with Gasteiger partial charge in [-0.2, -0.15) is 0 Å². The third kappa shape index (κ3) is 3.34. The Labute approximate surface area is 120 Å². The van der Waals surface area contributed by atoms with Crippen LogP contribution in [0.5, 0.6) is 5.75 Å². The molecule has 0 atom stereocenters. The van der Waals surface area contributed by atoms with Gasteiger partial charge in [-0.1, -0.05) is 0 Å². The van der Waals surface area contributed by atoms with Crippen molar-refractivity contribution in [2.24, 2.45) is 0 Å². The van der Waals surface area contributed by atoms with E-state index in [1.807, 2.05) is 6.92 Å². The Kier molecular flexibility index (Phi) is 4.26. The average Bonchev–Trinajstić information content (AvgIpc) is 3.19. The molecule has 1 aliphatic rings. The number of aryl methyl sites for hydroxylation is 1. The van der Waals surface area contributed by atoms with Crippen LogP contribution in [0.25, 0.3) is 10.9 Å². The van der Waals surface area contributed by atoms with Crippen molar-refractivity contribution in [3.63, 3.8) is 0 Å². The predicted molar refractivity (Wildman–Crippen MR) is 83.4 cm³/mol. The Morgan fingerprint density at radius 2 is 2.15 bits per heavy atom. The van der Waals surface area contributed by atoms with Crippen molar-refractivity contribution in [3.8, 4) is 5.75 Å². The first-order valence-electron chi connectivity index (χ1n) is 7.82. The van der Waals surface area contributed by atoms with Crippen LogP contribution in [0.2, 0.25) is 0 Å². The summed E-state index contributed by atoms with van der Waals surface area (Å²) in [6.45, 7) is 5.01. The Hall–Kier alpha value is -1.48.